The van der Waals surface area contributed by atoms with E-state index in [1.165, 1.54) is 4.90 Å². The third kappa shape index (κ3) is 5.18. The van der Waals surface area contributed by atoms with Crippen LogP contribution in [0.3, 0.4) is 0 Å². The minimum absolute atomic E-state index is 0.0206. The van der Waals surface area contributed by atoms with Gasteiger partial charge in [-0.1, -0.05) is 0 Å². The second kappa shape index (κ2) is 5.31. The fourth-order valence-electron chi connectivity index (χ4n) is 1.12. The first-order valence-electron chi connectivity index (χ1n) is 4.45. The Morgan fingerprint density at radius 2 is 1.93 bits per heavy atom. The highest BCUT2D eigenvalue weighted by molar-refractivity contribution is 7.91. The molecule has 0 aromatic rings. The van der Waals surface area contributed by atoms with Crippen LogP contribution in [-0.4, -0.2) is 50.4 Å². The monoisotopic (exact) mass is 222 g/mol. The summed E-state index contributed by atoms with van der Waals surface area (Å²) in [6.45, 7) is 4.39. The van der Waals surface area contributed by atoms with Crippen molar-refractivity contribution < 1.29 is 13.2 Å². The standard InChI is InChI=1S/C8H18N2O3S/c1-7(2)10(5-4-9)8(11)6-14(3,12)13/h7H,4-6,9H2,1-3H3. The average Bonchev–Trinajstić information content (AvgIpc) is 1.95. The second-order valence-electron chi connectivity index (χ2n) is 3.54. The van der Waals surface area contributed by atoms with Gasteiger partial charge < -0.3 is 10.6 Å². The summed E-state index contributed by atoms with van der Waals surface area (Å²) in [7, 11) is -3.25. The number of hydrogen-bond acceptors (Lipinski definition) is 4. The zero-order valence-electron chi connectivity index (χ0n) is 8.86. The minimum Gasteiger partial charge on any atom is -0.338 e. The van der Waals surface area contributed by atoms with E-state index in [0.717, 1.165) is 6.26 Å². The molecule has 0 spiro atoms. The third-order valence-corrected chi connectivity index (χ3v) is 2.47. The van der Waals surface area contributed by atoms with E-state index < -0.39 is 15.6 Å². The Morgan fingerprint density at radius 1 is 1.43 bits per heavy atom. The Balaban J connectivity index is 4.45. The maximum absolute atomic E-state index is 11.5. The predicted molar refractivity (Wildman–Crippen MR) is 55.6 cm³/mol. The van der Waals surface area contributed by atoms with Crippen molar-refractivity contribution in [3.8, 4) is 0 Å². The lowest BCUT2D eigenvalue weighted by Gasteiger charge is -2.25. The van der Waals surface area contributed by atoms with Crippen LogP contribution in [0.25, 0.3) is 0 Å². The number of nitrogens with two attached hydrogens (primary N) is 1. The molecule has 0 aromatic heterocycles. The van der Waals surface area contributed by atoms with Gasteiger partial charge in [0, 0.05) is 25.4 Å². The first kappa shape index (κ1) is 13.4. The Bertz CT molecular complexity index is 285. The molecule has 0 rings (SSSR count). The van der Waals surface area contributed by atoms with Crippen molar-refractivity contribution in [3.63, 3.8) is 0 Å². The van der Waals surface area contributed by atoms with E-state index in [-0.39, 0.29) is 11.9 Å². The van der Waals surface area contributed by atoms with Gasteiger partial charge >= 0.3 is 0 Å². The van der Waals surface area contributed by atoms with Gasteiger partial charge in [0.2, 0.25) is 5.91 Å². The molecule has 84 valence electrons. The number of amides is 1. The van der Waals surface area contributed by atoms with Crippen LogP contribution in [0.4, 0.5) is 0 Å². The van der Waals surface area contributed by atoms with Gasteiger partial charge in [-0.15, -0.1) is 0 Å². The molecule has 0 bridgehead atoms. The van der Waals surface area contributed by atoms with Crippen molar-refractivity contribution in [2.24, 2.45) is 5.73 Å². The van der Waals surface area contributed by atoms with Crippen LogP contribution in [0.15, 0.2) is 0 Å². The lowest BCUT2D eigenvalue weighted by molar-refractivity contribution is -0.129. The maximum Gasteiger partial charge on any atom is 0.238 e. The molecular weight excluding hydrogens is 204 g/mol. The third-order valence-electron chi connectivity index (χ3n) is 1.70. The number of nitrogens with zero attached hydrogens (tertiary/aromatic N) is 1. The second-order valence-corrected chi connectivity index (χ2v) is 5.68. The van der Waals surface area contributed by atoms with E-state index in [9.17, 15) is 13.2 Å². The smallest absolute Gasteiger partial charge is 0.238 e. The first-order valence-corrected chi connectivity index (χ1v) is 6.51. The van der Waals surface area contributed by atoms with Crippen molar-refractivity contribution in [1.82, 2.24) is 4.90 Å². The van der Waals surface area contributed by atoms with E-state index in [0.29, 0.717) is 13.1 Å². The van der Waals surface area contributed by atoms with E-state index in [2.05, 4.69) is 0 Å². The maximum atomic E-state index is 11.5. The number of sulfone groups is 1. The van der Waals surface area contributed by atoms with Gasteiger partial charge in [0.15, 0.2) is 9.84 Å². The van der Waals surface area contributed by atoms with E-state index in [4.69, 9.17) is 5.73 Å². The summed E-state index contributed by atoms with van der Waals surface area (Å²) >= 11 is 0. The Labute approximate surface area is 85.2 Å². The molecule has 6 heteroatoms. The van der Waals surface area contributed by atoms with Gasteiger partial charge in [0.1, 0.15) is 5.75 Å². The van der Waals surface area contributed by atoms with Gasteiger partial charge in [-0.3, -0.25) is 4.79 Å². The topological polar surface area (TPSA) is 80.5 Å². The molecule has 0 atom stereocenters. The molecule has 0 radical (unpaired) electrons. The highest BCUT2D eigenvalue weighted by Gasteiger charge is 2.19. The van der Waals surface area contributed by atoms with Crippen molar-refractivity contribution in [1.29, 1.82) is 0 Å². The summed E-state index contributed by atoms with van der Waals surface area (Å²) in [5.41, 5.74) is 5.33. The minimum atomic E-state index is -3.25. The average molecular weight is 222 g/mol. The molecule has 0 aliphatic carbocycles. The normalized spacial score (nSPS) is 11.8. The molecule has 0 aromatic carbocycles. The van der Waals surface area contributed by atoms with Crippen LogP contribution in [0, 0.1) is 0 Å². The molecule has 0 aliphatic heterocycles. The van der Waals surface area contributed by atoms with Crippen molar-refractivity contribution in [2.45, 2.75) is 19.9 Å². The summed E-state index contributed by atoms with van der Waals surface area (Å²) in [6.07, 6.45) is 1.05. The Morgan fingerprint density at radius 3 is 2.21 bits per heavy atom. The molecule has 1 amide bonds. The molecule has 14 heavy (non-hydrogen) atoms. The fraction of sp³-hybridized carbons (Fsp3) is 0.875. The van der Waals surface area contributed by atoms with Crippen molar-refractivity contribution in [3.05, 3.63) is 0 Å². The predicted octanol–water partition coefficient (Wildman–Crippen LogP) is -0.773. The fourth-order valence-corrected chi connectivity index (χ4v) is 1.73. The molecule has 0 saturated heterocycles. The molecule has 0 unspecified atom stereocenters. The number of carbonyl (C=O) groups excluding carboxylic acids is 1. The Hall–Kier alpha value is -0.620. The number of carbonyl (C=O) groups is 1. The highest BCUT2D eigenvalue weighted by atomic mass is 32.2. The highest BCUT2D eigenvalue weighted by Crippen LogP contribution is 1.99. The molecule has 2 N–H and O–H groups in total. The SMILES string of the molecule is CC(C)N(CCN)C(=O)CS(C)(=O)=O. The molecule has 0 saturated carbocycles. The van der Waals surface area contributed by atoms with Crippen LogP contribution in [0.5, 0.6) is 0 Å². The first-order chi connectivity index (χ1) is 6.28. The summed E-state index contributed by atoms with van der Waals surface area (Å²) < 4.78 is 21.8. The summed E-state index contributed by atoms with van der Waals surface area (Å²) in [4.78, 5) is 13.0. The number of hydrogen-bond donors (Lipinski definition) is 1. The zero-order chi connectivity index (χ0) is 11.4. The van der Waals surface area contributed by atoms with Gasteiger partial charge in [-0.2, -0.15) is 0 Å². The van der Waals surface area contributed by atoms with Crippen molar-refractivity contribution >= 4 is 15.7 Å². The summed E-state index contributed by atoms with van der Waals surface area (Å²) in [6, 6.07) is -0.0206. The van der Waals surface area contributed by atoms with Crippen LogP contribution in [0.2, 0.25) is 0 Å². The van der Waals surface area contributed by atoms with Gasteiger partial charge in [-0.25, -0.2) is 8.42 Å². The molecule has 0 heterocycles. The van der Waals surface area contributed by atoms with Gasteiger partial charge in [-0.05, 0) is 13.8 Å². The lowest BCUT2D eigenvalue weighted by Crippen LogP contribution is -2.43. The summed E-state index contributed by atoms with van der Waals surface area (Å²) in [5.74, 6) is -0.821. The summed E-state index contributed by atoms with van der Waals surface area (Å²) in [5, 5.41) is 0. The van der Waals surface area contributed by atoms with Gasteiger partial charge in [0.05, 0.1) is 0 Å². The lowest BCUT2D eigenvalue weighted by atomic mass is 10.3. The van der Waals surface area contributed by atoms with Crippen LogP contribution >= 0.6 is 0 Å². The van der Waals surface area contributed by atoms with Crippen molar-refractivity contribution in [2.75, 3.05) is 25.1 Å². The largest absolute Gasteiger partial charge is 0.338 e. The van der Waals surface area contributed by atoms with Crippen LogP contribution < -0.4 is 5.73 Å². The van der Waals surface area contributed by atoms with E-state index in [1.54, 1.807) is 0 Å². The van der Waals surface area contributed by atoms with Crippen LogP contribution in [0.1, 0.15) is 13.8 Å². The molecule has 0 fully saturated rings. The van der Waals surface area contributed by atoms with Crippen LogP contribution in [-0.2, 0) is 14.6 Å². The van der Waals surface area contributed by atoms with Gasteiger partial charge in [0.25, 0.3) is 0 Å². The quantitative estimate of drug-likeness (QED) is 0.662. The Kier molecular flexibility index (Phi) is 5.07. The molecule has 5 nitrogen and oxygen atoms in total. The number of rotatable bonds is 5. The van der Waals surface area contributed by atoms with E-state index in [1.807, 2.05) is 13.8 Å². The molecular formula is C8H18N2O3S. The van der Waals surface area contributed by atoms with E-state index >= 15 is 0 Å². The molecule has 0 aliphatic rings. The zero-order valence-corrected chi connectivity index (χ0v) is 9.67.